The van der Waals surface area contributed by atoms with Crippen molar-refractivity contribution < 1.29 is 27.9 Å². The summed E-state index contributed by atoms with van der Waals surface area (Å²) < 4.78 is 32.8. The molecule has 0 atom stereocenters. The van der Waals surface area contributed by atoms with Crippen molar-refractivity contribution >= 4 is 33.3 Å². The lowest BCUT2D eigenvalue weighted by molar-refractivity contribution is -0.119. The van der Waals surface area contributed by atoms with Gasteiger partial charge in [0.1, 0.15) is 11.3 Å². The van der Waals surface area contributed by atoms with Crippen molar-refractivity contribution in [2.45, 2.75) is 25.3 Å². The van der Waals surface area contributed by atoms with Crippen LogP contribution in [-0.2, 0) is 26.1 Å². The number of carbonyl (C=O) groups is 2. The number of hydrogen-bond acceptors (Lipinski definition) is 7. The summed E-state index contributed by atoms with van der Waals surface area (Å²) in [7, 11) is -3.97. The normalized spacial score (nSPS) is 11.1. The summed E-state index contributed by atoms with van der Waals surface area (Å²) in [6.07, 6.45) is 0. The Morgan fingerprint density at radius 1 is 0.944 bits per heavy atom. The number of aromatic hydroxyl groups is 1. The van der Waals surface area contributed by atoms with Crippen molar-refractivity contribution in [3.8, 4) is 5.75 Å². The Kier molecular flexibility index (Phi) is 9.04. The van der Waals surface area contributed by atoms with Crippen LogP contribution in [0.3, 0.4) is 0 Å². The predicted molar refractivity (Wildman–Crippen MR) is 137 cm³/mol. The van der Waals surface area contributed by atoms with E-state index < -0.39 is 34.3 Å². The molecule has 36 heavy (non-hydrogen) atoms. The van der Waals surface area contributed by atoms with Crippen molar-refractivity contribution in [1.29, 1.82) is 0 Å². The average Bonchev–Trinajstić information content (AvgIpc) is 2.88. The number of esters is 1. The second-order valence-corrected chi connectivity index (χ2v) is 9.60. The predicted octanol–water partition coefficient (Wildman–Crippen LogP) is 3.51. The van der Waals surface area contributed by atoms with E-state index in [1.807, 2.05) is 18.2 Å². The van der Waals surface area contributed by atoms with Gasteiger partial charge in [0.25, 0.3) is 5.91 Å². The minimum atomic E-state index is -3.97. The molecule has 0 saturated heterocycles. The third-order valence-corrected chi connectivity index (χ3v) is 6.82. The van der Waals surface area contributed by atoms with Gasteiger partial charge in [0.05, 0.1) is 4.90 Å². The number of hydrogen-bond donors (Lipinski definition) is 3. The van der Waals surface area contributed by atoms with Crippen LogP contribution in [-0.4, -0.2) is 45.1 Å². The smallest absolute Gasteiger partial charge is 0.342 e. The van der Waals surface area contributed by atoms with Crippen LogP contribution in [0.1, 0.15) is 29.8 Å². The van der Waals surface area contributed by atoms with Crippen LogP contribution in [0, 0.1) is 0 Å². The third kappa shape index (κ3) is 7.06. The van der Waals surface area contributed by atoms with Gasteiger partial charge in [0, 0.05) is 31.0 Å². The summed E-state index contributed by atoms with van der Waals surface area (Å²) in [5, 5.41) is 12.7. The van der Waals surface area contributed by atoms with Gasteiger partial charge >= 0.3 is 5.97 Å². The topological polar surface area (TPSA) is 125 Å². The number of sulfonamides is 1. The van der Waals surface area contributed by atoms with E-state index in [2.05, 4.69) is 28.8 Å². The van der Waals surface area contributed by atoms with Gasteiger partial charge in [-0.15, -0.1) is 0 Å². The van der Waals surface area contributed by atoms with E-state index in [1.165, 1.54) is 6.07 Å². The van der Waals surface area contributed by atoms with Gasteiger partial charge in [-0.3, -0.25) is 4.79 Å². The van der Waals surface area contributed by atoms with E-state index in [0.29, 0.717) is 5.69 Å². The molecule has 3 N–H and O–H groups in total. The first-order chi connectivity index (χ1) is 17.2. The maximum absolute atomic E-state index is 12.7. The van der Waals surface area contributed by atoms with Crippen LogP contribution in [0.15, 0.2) is 77.7 Å². The number of nitrogens with one attached hydrogen (secondary N) is 2. The highest BCUT2D eigenvalue weighted by Crippen LogP contribution is 2.23. The molecule has 0 aliphatic carbocycles. The van der Waals surface area contributed by atoms with Gasteiger partial charge in [-0.05, 0) is 61.9 Å². The van der Waals surface area contributed by atoms with Gasteiger partial charge in [-0.25, -0.2) is 17.9 Å². The lowest BCUT2D eigenvalue weighted by atomic mass is 10.2. The van der Waals surface area contributed by atoms with E-state index in [0.717, 1.165) is 36.5 Å². The fourth-order valence-electron chi connectivity index (χ4n) is 3.45. The number of amides is 1. The summed E-state index contributed by atoms with van der Waals surface area (Å²) in [4.78, 5) is 26.7. The standard InChI is InChI=1S/C26H29N3O6S/c1-3-29(4-2)21-12-10-20(11-13-21)28-25(31)18-35-26(32)23-16-22(14-15-24(23)30)36(33,34)27-17-19-8-6-5-7-9-19/h5-16,27,30H,3-4,17-18H2,1-2H3,(H,28,31). The van der Waals surface area contributed by atoms with E-state index in [4.69, 9.17) is 4.74 Å². The highest BCUT2D eigenvalue weighted by Gasteiger charge is 2.21. The third-order valence-electron chi connectivity index (χ3n) is 5.42. The zero-order chi connectivity index (χ0) is 26.1. The summed E-state index contributed by atoms with van der Waals surface area (Å²) in [5.74, 6) is -2.07. The van der Waals surface area contributed by atoms with Crippen LogP contribution in [0.5, 0.6) is 5.75 Å². The Labute approximate surface area is 210 Å². The Morgan fingerprint density at radius 2 is 1.61 bits per heavy atom. The van der Waals surface area contributed by atoms with Crippen molar-refractivity contribution in [2.75, 3.05) is 29.9 Å². The molecule has 1 amide bonds. The van der Waals surface area contributed by atoms with Crippen molar-refractivity contribution in [3.05, 3.63) is 83.9 Å². The van der Waals surface area contributed by atoms with Crippen LogP contribution >= 0.6 is 0 Å². The number of benzene rings is 3. The van der Waals surface area contributed by atoms with Gasteiger partial charge in [-0.1, -0.05) is 30.3 Å². The molecule has 0 aliphatic rings. The second-order valence-electron chi connectivity index (χ2n) is 7.83. The number of ether oxygens (including phenoxy) is 1. The minimum Gasteiger partial charge on any atom is -0.507 e. The summed E-state index contributed by atoms with van der Waals surface area (Å²) in [5.41, 5.74) is 1.95. The van der Waals surface area contributed by atoms with Gasteiger partial charge in [-0.2, -0.15) is 0 Å². The quantitative estimate of drug-likeness (QED) is 0.337. The zero-order valence-electron chi connectivity index (χ0n) is 20.1. The number of phenolic OH excluding ortho intramolecular Hbond substituents is 1. The van der Waals surface area contributed by atoms with E-state index >= 15 is 0 Å². The first-order valence-electron chi connectivity index (χ1n) is 11.4. The first kappa shape index (κ1) is 26.7. The van der Waals surface area contributed by atoms with E-state index in [-0.39, 0.29) is 17.0 Å². The van der Waals surface area contributed by atoms with Gasteiger partial charge in [0.2, 0.25) is 10.0 Å². The van der Waals surface area contributed by atoms with Crippen LogP contribution in [0.2, 0.25) is 0 Å². The lowest BCUT2D eigenvalue weighted by Gasteiger charge is -2.21. The maximum Gasteiger partial charge on any atom is 0.342 e. The second kappa shape index (κ2) is 12.2. The molecule has 0 saturated carbocycles. The molecule has 9 nitrogen and oxygen atoms in total. The van der Waals surface area contributed by atoms with Gasteiger partial charge in [0.15, 0.2) is 6.61 Å². The minimum absolute atomic E-state index is 0.0555. The largest absolute Gasteiger partial charge is 0.507 e. The molecule has 3 aromatic carbocycles. The maximum atomic E-state index is 12.7. The molecule has 0 aromatic heterocycles. The Bertz CT molecular complexity index is 1290. The number of rotatable bonds is 11. The average molecular weight is 512 g/mol. The molecule has 0 fully saturated rings. The molecule has 0 aliphatic heterocycles. The lowest BCUT2D eigenvalue weighted by Crippen LogP contribution is -2.24. The van der Waals surface area contributed by atoms with Crippen molar-refractivity contribution in [1.82, 2.24) is 4.72 Å². The van der Waals surface area contributed by atoms with E-state index in [9.17, 15) is 23.1 Å². The molecule has 0 unspecified atom stereocenters. The summed E-state index contributed by atoms with van der Waals surface area (Å²) in [6, 6.07) is 19.5. The number of phenols is 1. The molecule has 0 radical (unpaired) electrons. The van der Waals surface area contributed by atoms with Crippen LogP contribution in [0.4, 0.5) is 11.4 Å². The SMILES string of the molecule is CCN(CC)c1ccc(NC(=O)COC(=O)c2cc(S(=O)(=O)NCc3ccccc3)ccc2O)cc1. The fraction of sp³-hybridized carbons (Fsp3) is 0.231. The summed E-state index contributed by atoms with van der Waals surface area (Å²) in [6.45, 7) is 5.27. The number of nitrogens with zero attached hydrogens (tertiary/aromatic N) is 1. The Morgan fingerprint density at radius 3 is 2.25 bits per heavy atom. The molecule has 190 valence electrons. The van der Waals surface area contributed by atoms with Crippen LogP contribution in [0.25, 0.3) is 0 Å². The monoisotopic (exact) mass is 511 g/mol. The fourth-order valence-corrected chi connectivity index (χ4v) is 4.50. The zero-order valence-corrected chi connectivity index (χ0v) is 20.9. The van der Waals surface area contributed by atoms with Crippen molar-refractivity contribution in [3.63, 3.8) is 0 Å². The Balaban J connectivity index is 1.60. The van der Waals surface area contributed by atoms with Crippen molar-refractivity contribution in [2.24, 2.45) is 0 Å². The summed E-state index contributed by atoms with van der Waals surface area (Å²) >= 11 is 0. The van der Waals surface area contributed by atoms with Gasteiger partial charge < -0.3 is 20.1 Å². The molecule has 10 heteroatoms. The molecule has 0 heterocycles. The molecule has 0 spiro atoms. The van der Waals surface area contributed by atoms with E-state index in [1.54, 1.807) is 36.4 Å². The number of anilines is 2. The molecule has 0 bridgehead atoms. The number of carbonyl (C=O) groups excluding carboxylic acids is 2. The molecule has 3 aromatic rings. The van der Waals surface area contributed by atoms with Crippen LogP contribution < -0.4 is 14.9 Å². The highest BCUT2D eigenvalue weighted by molar-refractivity contribution is 7.89. The molecular formula is C26H29N3O6S. The Hall–Kier alpha value is -3.89. The molecular weight excluding hydrogens is 482 g/mol. The molecule has 3 rings (SSSR count). The first-order valence-corrected chi connectivity index (χ1v) is 12.9. The highest BCUT2D eigenvalue weighted by atomic mass is 32.2.